The van der Waals surface area contributed by atoms with Crippen LogP contribution < -0.4 is 16.4 Å². The third kappa shape index (κ3) is 3.24. The fourth-order valence-electron chi connectivity index (χ4n) is 3.46. The molecular formula is C21H21FN4O. The summed E-state index contributed by atoms with van der Waals surface area (Å²) in [5.74, 6) is -0.460. The Morgan fingerprint density at radius 3 is 2.85 bits per heavy atom. The second-order valence-electron chi connectivity index (χ2n) is 7.04. The summed E-state index contributed by atoms with van der Waals surface area (Å²) in [4.78, 5) is 17.0. The van der Waals surface area contributed by atoms with Gasteiger partial charge in [-0.25, -0.2) is 4.39 Å². The van der Waals surface area contributed by atoms with Gasteiger partial charge in [-0.1, -0.05) is 24.3 Å². The maximum Gasteiger partial charge on any atom is 0.257 e. The fraction of sp³-hybridized carbons (Fsp3) is 0.238. The number of fused-ring (bicyclic) bond motifs is 1. The van der Waals surface area contributed by atoms with Crippen LogP contribution >= 0.6 is 0 Å². The molecule has 0 saturated carbocycles. The average Bonchev–Trinajstić information content (AvgIpc) is 2.63. The third-order valence-corrected chi connectivity index (χ3v) is 5.11. The van der Waals surface area contributed by atoms with E-state index < -0.39 is 5.82 Å². The van der Waals surface area contributed by atoms with Crippen molar-refractivity contribution in [1.29, 1.82) is 0 Å². The van der Waals surface area contributed by atoms with Crippen molar-refractivity contribution in [3.63, 3.8) is 0 Å². The second-order valence-corrected chi connectivity index (χ2v) is 7.04. The molecule has 6 heteroatoms. The topological polar surface area (TPSA) is 80.0 Å². The summed E-state index contributed by atoms with van der Waals surface area (Å²) in [6.07, 6.45) is 3.76. The first kappa shape index (κ1) is 17.4. The van der Waals surface area contributed by atoms with Crippen LogP contribution in [-0.2, 0) is 6.42 Å². The lowest BCUT2D eigenvalue weighted by atomic mass is 9.92. The van der Waals surface area contributed by atoms with Gasteiger partial charge >= 0.3 is 0 Å². The molecule has 2 aromatic carbocycles. The molecule has 1 aromatic heterocycles. The van der Waals surface area contributed by atoms with Crippen molar-refractivity contribution < 1.29 is 9.18 Å². The molecule has 5 nitrogen and oxygen atoms in total. The minimum atomic E-state index is -0.444. The number of nitrogen functional groups attached to an aromatic ring is 1. The van der Waals surface area contributed by atoms with Crippen LogP contribution in [0.2, 0.25) is 0 Å². The molecule has 1 fully saturated rings. The molecule has 0 radical (unpaired) electrons. The monoisotopic (exact) mass is 364 g/mol. The van der Waals surface area contributed by atoms with Gasteiger partial charge in [-0.3, -0.25) is 9.78 Å². The number of carbonyl (C=O) groups is 1. The number of hydrogen-bond acceptors (Lipinski definition) is 4. The van der Waals surface area contributed by atoms with Crippen LogP contribution in [0.4, 0.5) is 15.8 Å². The van der Waals surface area contributed by atoms with Crippen molar-refractivity contribution in [2.24, 2.45) is 5.92 Å². The number of nitrogens with one attached hydrogen (secondary N) is 2. The summed E-state index contributed by atoms with van der Waals surface area (Å²) < 4.78 is 15.2. The van der Waals surface area contributed by atoms with E-state index in [1.165, 1.54) is 6.20 Å². The number of benzene rings is 2. The van der Waals surface area contributed by atoms with Crippen molar-refractivity contribution in [3.05, 3.63) is 65.2 Å². The predicted octanol–water partition coefficient (Wildman–Crippen LogP) is 3.28. The van der Waals surface area contributed by atoms with Gasteiger partial charge in [-0.2, -0.15) is 0 Å². The second kappa shape index (κ2) is 6.96. The van der Waals surface area contributed by atoms with Crippen LogP contribution in [-0.4, -0.2) is 24.0 Å². The summed E-state index contributed by atoms with van der Waals surface area (Å²) in [6.45, 7) is 3.46. The maximum atomic E-state index is 15.2. The zero-order chi connectivity index (χ0) is 19.0. The molecular weight excluding hydrogens is 343 g/mol. The summed E-state index contributed by atoms with van der Waals surface area (Å²) >= 11 is 0. The minimum Gasteiger partial charge on any atom is -0.398 e. The van der Waals surface area contributed by atoms with E-state index in [0.717, 1.165) is 23.9 Å². The summed E-state index contributed by atoms with van der Waals surface area (Å²) in [5.41, 5.74) is 8.15. The van der Waals surface area contributed by atoms with E-state index in [2.05, 4.69) is 15.6 Å². The van der Waals surface area contributed by atoms with E-state index in [0.29, 0.717) is 34.7 Å². The molecule has 27 heavy (non-hydrogen) atoms. The van der Waals surface area contributed by atoms with Crippen LogP contribution in [0.3, 0.4) is 0 Å². The van der Waals surface area contributed by atoms with Crippen LogP contribution in [0.15, 0.2) is 42.7 Å². The molecule has 1 aliphatic heterocycles. The highest BCUT2D eigenvalue weighted by molar-refractivity contribution is 6.12. The number of aryl methyl sites for hydroxylation is 1. The smallest absolute Gasteiger partial charge is 0.257 e. The third-order valence-electron chi connectivity index (χ3n) is 5.11. The number of anilines is 2. The number of hydrogen-bond donors (Lipinski definition) is 3. The van der Waals surface area contributed by atoms with E-state index in [-0.39, 0.29) is 11.6 Å². The fourth-order valence-corrected chi connectivity index (χ4v) is 3.46. The molecule has 138 valence electrons. The van der Waals surface area contributed by atoms with Gasteiger partial charge in [0.2, 0.25) is 0 Å². The molecule has 1 amide bonds. The number of halogens is 1. The molecule has 0 atom stereocenters. The number of nitrogens with two attached hydrogens (primary N) is 1. The first-order valence-electron chi connectivity index (χ1n) is 8.97. The van der Waals surface area contributed by atoms with E-state index in [9.17, 15) is 4.79 Å². The summed E-state index contributed by atoms with van der Waals surface area (Å²) in [5, 5.41) is 7.55. The van der Waals surface area contributed by atoms with Gasteiger partial charge in [0.25, 0.3) is 5.91 Å². The van der Waals surface area contributed by atoms with Gasteiger partial charge in [-0.05, 0) is 49.4 Å². The standard InChI is InChI=1S/C21H21FN4O/c1-12-6-18(23)16(7-13-8-24-9-13)19(22)20(12)26-21(27)17-11-25-10-14-4-2-3-5-15(14)17/h2-6,10-11,13,24H,7-9,23H2,1H3,(H,26,27). The number of carbonyl (C=O) groups excluding carboxylic acids is 1. The molecule has 0 spiro atoms. The molecule has 0 aliphatic carbocycles. The lowest BCUT2D eigenvalue weighted by Crippen LogP contribution is -2.43. The Morgan fingerprint density at radius 2 is 2.11 bits per heavy atom. The lowest BCUT2D eigenvalue weighted by Gasteiger charge is -2.28. The Hall–Kier alpha value is -2.99. The maximum absolute atomic E-state index is 15.2. The molecule has 0 unspecified atom stereocenters. The van der Waals surface area contributed by atoms with E-state index in [1.54, 1.807) is 19.2 Å². The number of aromatic nitrogens is 1. The SMILES string of the molecule is Cc1cc(N)c(CC2CNC2)c(F)c1NC(=O)c1cncc2ccccc12. The van der Waals surface area contributed by atoms with Gasteiger partial charge in [0.1, 0.15) is 0 Å². The van der Waals surface area contributed by atoms with Crippen molar-refractivity contribution in [3.8, 4) is 0 Å². The largest absolute Gasteiger partial charge is 0.398 e. The molecule has 0 bridgehead atoms. The highest BCUT2D eigenvalue weighted by Crippen LogP contribution is 2.31. The zero-order valence-electron chi connectivity index (χ0n) is 15.1. The molecule has 2 heterocycles. The van der Waals surface area contributed by atoms with E-state index in [1.807, 2.05) is 24.3 Å². The Morgan fingerprint density at radius 1 is 1.33 bits per heavy atom. The number of amides is 1. The van der Waals surface area contributed by atoms with Gasteiger partial charge in [0.05, 0.1) is 11.3 Å². The molecule has 4 rings (SSSR count). The number of nitrogens with zero attached hydrogens (tertiary/aromatic N) is 1. The molecule has 4 N–H and O–H groups in total. The summed E-state index contributed by atoms with van der Waals surface area (Å²) in [7, 11) is 0. The normalized spacial score (nSPS) is 14.1. The van der Waals surface area contributed by atoms with Crippen LogP contribution in [0.25, 0.3) is 10.8 Å². The van der Waals surface area contributed by atoms with Gasteiger partial charge in [0, 0.05) is 29.0 Å². The van der Waals surface area contributed by atoms with Crippen LogP contribution in [0, 0.1) is 18.7 Å². The van der Waals surface area contributed by atoms with Gasteiger partial charge in [0.15, 0.2) is 5.82 Å². The Labute approximate surface area is 156 Å². The number of rotatable bonds is 4. The van der Waals surface area contributed by atoms with Crippen LogP contribution in [0.1, 0.15) is 21.5 Å². The highest BCUT2D eigenvalue weighted by atomic mass is 19.1. The van der Waals surface area contributed by atoms with Crippen molar-refractivity contribution in [2.45, 2.75) is 13.3 Å². The minimum absolute atomic E-state index is 0.185. The van der Waals surface area contributed by atoms with Crippen molar-refractivity contribution in [2.75, 3.05) is 24.1 Å². The first-order valence-corrected chi connectivity index (χ1v) is 8.97. The quantitative estimate of drug-likeness (QED) is 0.621. The van der Waals surface area contributed by atoms with E-state index >= 15 is 4.39 Å². The predicted molar refractivity (Wildman–Crippen MR) is 105 cm³/mol. The Bertz CT molecular complexity index is 1020. The zero-order valence-corrected chi connectivity index (χ0v) is 15.1. The number of pyridine rings is 1. The Balaban J connectivity index is 1.69. The van der Waals surface area contributed by atoms with Gasteiger partial charge < -0.3 is 16.4 Å². The Kier molecular flexibility index (Phi) is 4.49. The van der Waals surface area contributed by atoms with Crippen molar-refractivity contribution in [1.82, 2.24) is 10.3 Å². The lowest BCUT2D eigenvalue weighted by molar-refractivity contribution is 0.102. The first-order chi connectivity index (χ1) is 13.0. The highest BCUT2D eigenvalue weighted by Gasteiger charge is 2.24. The van der Waals surface area contributed by atoms with Crippen molar-refractivity contribution >= 4 is 28.1 Å². The van der Waals surface area contributed by atoms with Gasteiger partial charge in [-0.15, -0.1) is 0 Å². The summed E-state index contributed by atoms with van der Waals surface area (Å²) in [6, 6.07) is 9.21. The molecule has 1 saturated heterocycles. The molecule has 1 aliphatic rings. The van der Waals surface area contributed by atoms with E-state index in [4.69, 9.17) is 5.73 Å². The molecule has 3 aromatic rings. The van der Waals surface area contributed by atoms with Crippen LogP contribution in [0.5, 0.6) is 0 Å². The average molecular weight is 364 g/mol.